The van der Waals surface area contributed by atoms with E-state index in [9.17, 15) is 4.79 Å². The van der Waals surface area contributed by atoms with Crippen molar-refractivity contribution in [3.05, 3.63) is 35.4 Å². The molecule has 0 N–H and O–H groups in total. The molecule has 0 amide bonds. The first-order valence-corrected chi connectivity index (χ1v) is 10.6. The Kier molecular flexibility index (Phi) is 10.8. The van der Waals surface area contributed by atoms with Crippen LogP contribution in [0.2, 0.25) is 0 Å². The van der Waals surface area contributed by atoms with Crippen LogP contribution in [0.25, 0.3) is 0 Å². The fourth-order valence-electron chi connectivity index (χ4n) is 3.25. The van der Waals surface area contributed by atoms with E-state index >= 15 is 0 Å². The summed E-state index contributed by atoms with van der Waals surface area (Å²) in [6, 6.07) is 8.21. The normalized spacial score (nSPS) is 11.7. The van der Waals surface area contributed by atoms with Crippen LogP contribution >= 0.6 is 0 Å². The van der Waals surface area contributed by atoms with Crippen LogP contribution in [0.5, 0.6) is 0 Å². The van der Waals surface area contributed by atoms with Crippen LogP contribution in [0, 0.1) is 0 Å². The largest absolute Gasteiger partial charge is 0.294 e. The molecule has 0 aromatic heterocycles. The van der Waals surface area contributed by atoms with Gasteiger partial charge in [0, 0.05) is 12.0 Å². The summed E-state index contributed by atoms with van der Waals surface area (Å²) in [5.74, 6) is 0.302. The summed E-state index contributed by atoms with van der Waals surface area (Å²) in [5.41, 5.74) is 2.32. The van der Waals surface area contributed by atoms with E-state index in [-0.39, 0.29) is 5.41 Å². The summed E-state index contributed by atoms with van der Waals surface area (Å²) in [5, 5.41) is 0. The molecule has 0 fully saturated rings. The van der Waals surface area contributed by atoms with Crippen molar-refractivity contribution in [3.8, 4) is 0 Å². The van der Waals surface area contributed by atoms with Crippen molar-refractivity contribution in [1.82, 2.24) is 0 Å². The number of unbranched alkanes of at least 4 members (excludes halogenated alkanes) is 10. The second kappa shape index (κ2) is 12.3. The van der Waals surface area contributed by atoms with Gasteiger partial charge in [-0.1, -0.05) is 116 Å². The molecule has 0 aliphatic heterocycles. The Labute approximate surface area is 156 Å². The number of carbonyl (C=O) groups excluding carboxylic acids is 1. The highest BCUT2D eigenvalue weighted by molar-refractivity contribution is 5.96. The zero-order valence-electron chi connectivity index (χ0n) is 17.2. The quantitative estimate of drug-likeness (QED) is 0.263. The summed E-state index contributed by atoms with van der Waals surface area (Å²) < 4.78 is 0. The smallest absolute Gasteiger partial charge is 0.162 e. The van der Waals surface area contributed by atoms with Gasteiger partial charge in [-0.05, 0) is 17.4 Å². The van der Waals surface area contributed by atoms with Crippen LogP contribution in [0.15, 0.2) is 24.3 Å². The first-order chi connectivity index (χ1) is 11.9. The summed E-state index contributed by atoms with van der Waals surface area (Å²) in [4.78, 5) is 12.3. The molecule has 0 unspecified atom stereocenters. The molecule has 0 bridgehead atoms. The Hall–Kier alpha value is -1.11. The van der Waals surface area contributed by atoms with E-state index in [1.54, 1.807) is 0 Å². The number of benzene rings is 1. The molecule has 1 rings (SSSR count). The van der Waals surface area contributed by atoms with Crippen molar-refractivity contribution in [2.24, 2.45) is 0 Å². The predicted octanol–water partition coefficient (Wildman–Crippen LogP) is 7.87. The van der Waals surface area contributed by atoms with Crippen molar-refractivity contribution < 1.29 is 4.79 Å². The number of Topliss-reactive ketones (excluding diaryl/α,β-unsaturated/α-hetero) is 1. The van der Waals surface area contributed by atoms with Crippen LogP contribution in [-0.4, -0.2) is 5.78 Å². The lowest BCUT2D eigenvalue weighted by Gasteiger charge is -2.18. The number of rotatable bonds is 13. The minimum absolute atomic E-state index is 0.150. The van der Waals surface area contributed by atoms with Gasteiger partial charge in [-0.3, -0.25) is 4.79 Å². The summed E-state index contributed by atoms with van der Waals surface area (Å²) in [6.45, 7) is 8.88. The molecule has 0 spiro atoms. The van der Waals surface area contributed by atoms with E-state index in [4.69, 9.17) is 0 Å². The molecule has 1 aromatic rings. The highest BCUT2D eigenvalue weighted by Crippen LogP contribution is 2.22. The van der Waals surface area contributed by atoms with Crippen LogP contribution in [0.4, 0.5) is 0 Å². The van der Waals surface area contributed by atoms with Gasteiger partial charge in [0.25, 0.3) is 0 Å². The second-order valence-electron chi connectivity index (χ2n) is 8.54. The third-order valence-corrected chi connectivity index (χ3v) is 5.08. The van der Waals surface area contributed by atoms with Gasteiger partial charge in [0.05, 0.1) is 0 Å². The van der Waals surface area contributed by atoms with Gasteiger partial charge >= 0.3 is 0 Å². The van der Waals surface area contributed by atoms with E-state index in [0.717, 1.165) is 12.0 Å². The molecule has 1 nitrogen and oxygen atoms in total. The van der Waals surface area contributed by atoms with Gasteiger partial charge in [0.15, 0.2) is 5.78 Å². The Bertz CT molecular complexity index is 464. The van der Waals surface area contributed by atoms with Gasteiger partial charge < -0.3 is 0 Å². The SMILES string of the molecule is CCCCCCCCCCCCCC(=O)c1ccc(C(C)(C)C)cc1. The van der Waals surface area contributed by atoms with E-state index in [2.05, 4.69) is 39.8 Å². The van der Waals surface area contributed by atoms with Gasteiger partial charge in [-0.2, -0.15) is 0 Å². The van der Waals surface area contributed by atoms with Crippen molar-refractivity contribution in [2.75, 3.05) is 0 Å². The fraction of sp³-hybridized carbons (Fsp3) is 0.708. The fourth-order valence-corrected chi connectivity index (χ4v) is 3.25. The minimum Gasteiger partial charge on any atom is -0.294 e. The Morgan fingerprint density at radius 1 is 0.720 bits per heavy atom. The lowest BCUT2D eigenvalue weighted by molar-refractivity contribution is 0.0979. The average Bonchev–Trinajstić information content (AvgIpc) is 2.59. The summed E-state index contributed by atoms with van der Waals surface area (Å²) >= 11 is 0. The molecule has 142 valence electrons. The maximum Gasteiger partial charge on any atom is 0.162 e. The number of carbonyl (C=O) groups is 1. The predicted molar refractivity (Wildman–Crippen MR) is 111 cm³/mol. The summed E-state index contributed by atoms with van der Waals surface area (Å²) in [7, 11) is 0. The standard InChI is InChI=1S/C24H40O/c1-5-6-7-8-9-10-11-12-13-14-15-16-23(25)21-17-19-22(20-18-21)24(2,3)4/h17-20H,5-16H2,1-4H3. The topological polar surface area (TPSA) is 17.1 Å². The molecule has 1 heteroatoms. The Balaban J connectivity index is 2.07. The highest BCUT2D eigenvalue weighted by atomic mass is 16.1. The van der Waals surface area contributed by atoms with Crippen LogP contribution in [0.3, 0.4) is 0 Å². The van der Waals surface area contributed by atoms with Gasteiger partial charge in [0.2, 0.25) is 0 Å². The average molecular weight is 345 g/mol. The van der Waals surface area contributed by atoms with Crippen LogP contribution in [0.1, 0.15) is 121 Å². The Morgan fingerprint density at radius 2 is 1.16 bits per heavy atom. The van der Waals surface area contributed by atoms with Crippen LogP contribution in [-0.2, 0) is 5.41 Å². The maximum absolute atomic E-state index is 12.3. The molecule has 1 aromatic carbocycles. The van der Waals surface area contributed by atoms with Gasteiger partial charge in [-0.25, -0.2) is 0 Å². The lowest BCUT2D eigenvalue weighted by atomic mass is 9.86. The molecular formula is C24H40O. The molecule has 0 saturated heterocycles. The van der Waals surface area contributed by atoms with Crippen molar-refractivity contribution in [2.45, 2.75) is 110 Å². The van der Waals surface area contributed by atoms with E-state index < -0.39 is 0 Å². The second-order valence-corrected chi connectivity index (χ2v) is 8.54. The molecule has 25 heavy (non-hydrogen) atoms. The molecular weight excluding hydrogens is 304 g/mol. The number of hydrogen-bond donors (Lipinski definition) is 0. The van der Waals surface area contributed by atoms with Crippen molar-refractivity contribution >= 4 is 5.78 Å². The first-order valence-electron chi connectivity index (χ1n) is 10.6. The molecule has 0 aliphatic carbocycles. The molecule has 0 atom stereocenters. The van der Waals surface area contributed by atoms with Gasteiger partial charge in [-0.15, -0.1) is 0 Å². The third-order valence-electron chi connectivity index (χ3n) is 5.08. The highest BCUT2D eigenvalue weighted by Gasteiger charge is 2.14. The van der Waals surface area contributed by atoms with E-state index in [1.807, 2.05) is 12.1 Å². The van der Waals surface area contributed by atoms with E-state index in [0.29, 0.717) is 12.2 Å². The zero-order chi connectivity index (χ0) is 18.5. The first kappa shape index (κ1) is 21.9. The Morgan fingerprint density at radius 3 is 1.60 bits per heavy atom. The zero-order valence-corrected chi connectivity index (χ0v) is 17.2. The van der Waals surface area contributed by atoms with Crippen LogP contribution < -0.4 is 0 Å². The maximum atomic E-state index is 12.3. The number of ketones is 1. The lowest BCUT2D eigenvalue weighted by Crippen LogP contribution is -2.11. The molecule has 0 saturated carbocycles. The third kappa shape index (κ3) is 9.82. The summed E-state index contributed by atoms with van der Waals surface area (Å²) in [6.07, 6.45) is 15.3. The number of hydrogen-bond acceptors (Lipinski definition) is 1. The monoisotopic (exact) mass is 344 g/mol. The minimum atomic E-state index is 0.150. The molecule has 0 aliphatic rings. The van der Waals surface area contributed by atoms with E-state index in [1.165, 1.54) is 69.8 Å². The van der Waals surface area contributed by atoms with Gasteiger partial charge in [0.1, 0.15) is 0 Å². The molecule has 0 radical (unpaired) electrons. The molecule has 0 heterocycles. The van der Waals surface area contributed by atoms with Crippen molar-refractivity contribution in [3.63, 3.8) is 0 Å². The van der Waals surface area contributed by atoms with Crippen molar-refractivity contribution in [1.29, 1.82) is 0 Å².